The molecule has 19 heavy (non-hydrogen) atoms. The number of nitrogens with zero attached hydrogens (tertiary/aromatic N) is 2. The molecule has 0 spiro atoms. The third-order valence-electron chi connectivity index (χ3n) is 4.10. The zero-order chi connectivity index (χ0) is 14.1. The zero-order valence-electron chi connectivity index (χ0n) is 12.6. The highest BCUT2D eigenvalue weighted by Crippen LogP contribution is 2.15. The normalized spacial score (nSPS) is 20.1. The molecule has 112 valence electrons. The van der Waals surface area contributed by atoms with Gasteiger partial charge in [0.2, 0.25) is 0 Å². The Balaban J connectivity index is 2.32. The fraction of sp³-hybridized carbons (Fsp3) is 0.933. The average Bonchev–Trinajstić information content (AvgIpc) is 2.59. The van der Waals surface area contributed by atoms with Gasteiger partial charge in [0, 0.05) is 26.2 Å². The Bertz CT molecular complexity index is 259. The average molecular weight is 270 g/mol. The first-order chi connectivity index (χ1) is 9.15. The van der Waals surface area contributed by atoms with E-state index in [1.54, 1.807) is 0 Å². The molecule has 0 aromatic rings. The van der Waals surface area contributed by atoms with Crippen molar-refractivity contribution in [1.29, 1.82) is 0 Å². The molecule has 0 aromatic heterocycles. The number of rotatable bonds is 8. The van der Waals surface area contributed by atoms with Crippen LogP contribution in [0.1, 0.15) is 46.0 Å². The van der Waals surface area contributed by atoms with Gasteiger partial charge in [-0.25, -0.2) is 0 Å². The molecule has 1 heterocycles. The van der Waals surface area contributed by atoms with Crippen molar-refractivity contribution in [3.63, 3.8) is 0 Å². The second-order valence-electron chi connectivity index (χ2n) is 5.74. The zero-order valence-corrected chi connectivity index (χ0v) is 12.6. The second kappa shape index (κ2) is 9.32. The number of carbonyl (C=O) groups is 1. The molecule has 4 heteroatoms. The Kier molecular flexibility index (Phi) is 8.07. The van der Waals surface area contributed by atoms with Crippen LogP contribution in [-0.2, 0) is 4.79 Å². The van der Waals surface area contributed by atoms with Crippen molar-refractivity contribution in [3.05, 3.63) is 0 Å². The highest BCUT2D eigenvalue weighted by atomic mass is 16.4. The van der Waals surface area contributed by atoms with Crippen molar-refractivity contribution < 1.29 is 9.90 Å². The van der Waals surface area contributed by atoms with Gasteiger partial charge in [-0.3, -0.25) is 9.69 Å². The number of unbranched alkanes of at least 4 members (excludes halogenated alkanes) is 1. The predicted octanol–water partition coefficient (Wildman–Crippen LogP) is 2.30. The highest BCUT2D eigenvalue weighted by Gasteiger charge is 2.18. The third kappa shape index (κ3) is 6.92. The van der Waals surface area contributed by atoms with Crippen LogP contribution in [0.25, 0.3) is 0 Å². The number of carboxylic acids is 1. The van der Waals surface area contributed by atoms with Gasteiger partial charge in [-0.2, -0.15) is 0 Å². The van der Waals surface area contributed by atoms with Gasteiger partial charge in [-0.1, -0.05) is 33.1 Å². The lowest BCUT2D eigenvalue weighted by Gasteiger charge is -2.25. The first-order valence-electron chi connectivity index (χ1n) is 7.82. The van der Waals surface area contributed by atoms with Gasteiger partial charge >= 0.3 is 5.97 Å². The van der Waals surface area contributed by atoms with Crippen LogP contribution < -0.4 is 0 Å². The van der Waals surface area contributed by atoms with Crippen LogP contribution in [0.2, 0.25) is 0 Å². The highest BCUT2D eigenvalue weighted by molar-refractivity contribution is 5.69. The second-order valence-corrected chi connectivity index (χ2v) is 5.74. The van der Waals surface area contributed by atoms with Gasteiger partial charge in [0.05, 0.1) is 6.54 Å². The largest absolute Gasteiger partial charge is 0.480 e. The van der Waals surface area contributed by atoms with Gasteiger partial charge in [-0.15, -0.1) is 0 Å². The van der Waals surface area contributed by atoms with E-state index in [4.69, 9.17) is 5.11 Å². The molecule has 0 aliphatic carbocycles. The molecule has 1 fully saturated rings. The maximum atomic E-state index is 10.7. The summed E-state index contributed by atoms with van der Waals surface area (Å²) in [6, 6.07) is 0. The van der Waals surface area contributed by atoms with Gasteiger partial charge in [0.25, 0.3) is 0 Å². The molecule has 0 aromatic carbocycles. The number of hydrogen-bond acceptors (Lipinski definition) is 3. The first-order valence-corrected chi connectivity index (χ1v) is 7.82. The maximum absolute atomic E-state index is 10.7. The summed E-state index contributed by atoms with van der Waals surface area (Å²) < 4.78 is 0. The van der Waals surface area contributed by atoms with Crippen LogP contribution in [-0.4, -0.2) is 60.1 Å². The summed E-state index contributed by atoms with van der Waals surface area (Å²) in [5, 5.41) is 8.85. The molecule has 1 saturated heterocycles. The van der Waals surface area contributed by atoms with Crippen LogP contribution in [0.3, 0.4) is 0 Å². The summed E-state index contributed by atoms with van der Waals surface area (Å²) in [4.78, 5) is 15.3. The third-order valence-corrected chi connectivity index (χ3v) is 4.10. The Hall–Kier alpha value is -0.610. The number of aliphatic carboxylic acids is 1. The monoisotopic (exact) mass is 270 g/mol. The number of carboxylic acid groups (broad SMARTS) is 1. The minimum absolute atomic E-state index is 0.195. The Morgan fingerprint density at radius 1 is 1.16 bits per heavy atom. The molecular formula is C15H30N2O2. The van der Waals surface area contributed by atoms with Gasteiger partial charge in [0.15, 0.2) is 0 Å². The Labute approximate surface area is 117 Å². The van der Waals surface area contributed by atoms with Gasteiger partial charge in [-0.05, 0) is 25.3 Å². The topological polar surface area (TPSA) is 43.8 Å². The van der Waals surface area contributed by atoms with E-state index in [1.165, 1.54) is 32.2 Å². The Morgan fingerprint density at radius 3 is 2.47 bits per heavy atom. The van der Waals surface area contributed by atoms with Crippen LogP contribution in [0.15, 0.2) is 0 Å². The van der Waals surface area contributed by atoms with E-state index >= 15 is 0 Å². The van der Waals surface area contributed by atoms with Crippen molar-refractivity contribution in [2.75, 3.05) is 39.3 Å². The van der Waals surface area contributed by atoms with Crippen molar-refractivity contribution in [1.82, 2.24) is 9.80 Å². The first kappa shape index (κ1) is 16.4. The molecule has 0 bridgehead atoms. The van der Waals surface area contributed by atoms with E-state index < -0.39 is 5.97 Å². The summed E-state index contributed by atoms with van der Waals surface area (Å²) in [6.45, 7) is 9.90. The van der Waals surface area contributed by atoms with Crippen molar-refractivity contribution in [2.24, 2.45) is 5.92 Å². The Morgan fingerprint density at radius 2 is 1.84 bits per heavy atom. The molecule has 0 amide bonds. The lowest BCUT2D eigenvalue weighted by molar-refractivity contribution is -0.138. The molecule has 1 aliphatic heterocycles. The smallest absolute Gasteiger partial charge is 0.317 e. The van der Waals surface area contributed by atoms with E-state index in [-0.39, 0.29) is 6.54 Å². The number of hydrogen-bond donors (Lipinski definition) is 1. The summed E-state index contributed by atoms with van der Waals surface area (Å²) in [5.74, 6) is 0.105. The quantitative estimate of drug-likeness (QED) is 0.735. The lowest BCUT2D eigenvalue weighted by atomic mass is 9.98. The molecule has 1 N–H and O–H groups in total. The SMILES string of the molecule is CCCCC(CC)CN1CCCN(CC(=O)O)CC1. The van der Waals surface area contributed by atoms with Gasteiger partial charge < -0.3 is 10.0 Å². The summed E-state index contributed by atoms with van der Waals surface area (Å²) >= 11 is 0. The molecule has 1 aliphatic rings. The van der Waals surface area contributed by atoms with Crippen molar-refractivity contribution in [3.8, 4) is 0 Å². The molecule has 1 rings (SSSR count). The van der Waals surface area contributed by atoms with E-state index in [0.717, 1.165) is 38.5 Å². The summed E-state index contributed by atoms with van der Waals surface area (Å²) in [7, 11) is 0. The maximum Gasteiger partial charge on any atom is 0.317 e. The molecule has 1 atom stereocenters. The minimum Gasteiger partial charge on any atom is -0.480 e. The van der Waals surface area contributed by atoms with Crippen LogP contribution in [0, 0.1) is 5.92 Å². The lowest BCUT2D eigenvalue weighted by Crippen LogP contribution is -2.35. The molecular weight excluding hydrogens is 240 g/mol. The van der Waals surface area contributed by atoms with Crippen molar-refractivity contribution >= 4 is 5.97 Å². The summed E-state index contributed by atoms with van der Waals surface area (Å²) in [6.07, 6.45) is 6.30. The predicted molar refractivity (Wildman–Crippen MR) is 78.4 cm³/mol. The molecule has 0 saturated carbocycles. The van der Waals surface area contributed by atoms with E-state index in [9.17, 15) is 4.79 Å². The van der Waals surface area contributed by atoms with E-state index in [2.05, 4.69) is 23.6 Å². The van der Waals surface area contributed by atoms with E-state index in [0.29, 0.717) is 0 Å². The fourth-order valence-corrected chi connectivity index (χ4v) is 2.84. The fourth-order valence-electron chi connectivity index (χ4n) is 2.84. The standard InChI is InChI=1S/C15H30N2O2/c1-3-5-7-14(4-2)12-16-8-6-9-17(11-10-16)13-15(18)19/h14H,3-13H2,1-2H3,(H,18,19). The van der Waals surface area contributed by atoms with Crippen LogP contribution in [0.5, 0.6) is 0 Å². The molecule has 1 unspecified atom stereocenters. The van der Waals surface area contributed by atoms with Crippen LogP contribution in [0.4, 0.5) is 0 Å². The minimum atomic E-state index is -0.706. The van der Waals surface area contributed by atoms with E-state index in [1.807, 2.05) is 0 Å². The summed E-state index contributed by atoms with van der Waals surface area (Å²) in [5.41, 5.74) is 0. The molecule has 0 radical (unpaired) electrons. The molecule has 4 nitrogen and oxygen atoms in total. The van der Waals surface area contributed by atoms with Crippen molar-refractivity contribution in [2.45, 2.75) is 46.0 Å². The van der Waals surface area contributed by atoms with Gasteiger partial charge in [0.1, 0.15) is 0 Å². The van der Waals surface area contributed by atoms with Crippen LogP contribution >= 0.6 is 0 Å².